The quantitative estimate of drug-likeness (QED) is 0.413. The number of aliphatic hydroxyl groups is 1. The van der Waals surface area contributed by atoms with Gasteiger partial charge in [-0.15, -0.1) is 0 Å². The lowest BCUT2D eigenvalue weighted by molar-refractivity contribution is -0.198. The first kappa shape index (κ1) is 18.9. The van der Waals surface area contributed by atoms with Crippen molar-refractivity contribution in [2.24, 2.45) is 17.8 Å². The summed E-state index contributed by atoms with van der Waals surface area (Å²) in [5.41, 5.74) is 1.49. The van der Waals surface area contributed by atoms with E-state index in [9.17, 15) is 9.90 Å². The summed E-state index contributed by atoms with van der Waals surface area (Å²) in [7, 11) is 1.44. The smallest absolute Gasteiger partial charge is 0.305 e. The minimum absolute atomic E-state index is 0.0756. The first-order chi connectivity index (χ1) is 12.2. The van der Waals surface area contributed by atoms with Crippen LogP contribution in [0.3, 0.4) is 0 Å². The van der Waals surface area contributed by atoms with Crippen LogP contribution in [-0.2, 0) is 19.0 Å². The molecule has 0 amide bonds. The van der Waals surface area contributed by atoms with Gasteiger partial charge in [-0.1, -0.05) is 11.6 Å². The molecule has 1 N–H and O–H groups in total. The third-order valence-corrected chi connectivity index (χ3v) is 6.06. The minimum Gasteiger partial charge on any atom is -0.469 e. The molecule has 2 fully saturated rings. The first-order valence-electron chi connectivity index (χ1n) is 9.85. The van der Waals surface area contributed by atoms with Crippen LogP contribution in [-0.4, -0.2) is 43.8 Å². The molecule has 5 heteroatoms. The van der Waals surface area contributed by atoms with Crippen molar-refractivity contribution in [3.8, 4) is 0 Å². The van der Waals surface area contributed by atoms with Gasteiger partial charge in [0, 0.05) is 25.6 Å². The summed E-state index contributed by atoms with van der Waals surface area (Å²) in [5.74, 6) is 1.14. The van der Waals surface area contributed by atoms with E-state index in [4.69, 9.17) is 9.47 Å². The minimum atomic E-state index is -0.123. The zero-order valence-corrected chi connectivity index (χ0v) is 15.3. The van der Waals surface area contributed by atoms with Crippen molar-refractivity contribution in [3.63, 3.8) is 0 Å². The molecule has 25 heavy (non-hydrogen) atoms. The standard InChI is InChI=1S/C20H32O5/c1-23-19(22)7-3-2-6-14-10-15-12-18(17(13-21)16(15)11-14)25-20-8-4-5-9-24-20/h10,15-18,20-21H,2-9,11-13H2,1H3/t15-,16-,17+,18+,20?/m0/s1. The van der Waals surface area contributed by atoms with E-state index in [-0.39, 0.29) is 30.9 Å². The first-order valence-corrected chi connectivity index (χ1v) is 9.85. The number of carbonyl (C=O) groups is 1. The van der Waals surface area contributed by atoms with Gasteiger partial charge < -0.3 is 19.3 Å². The third-order valence-electron chi connectivity index (χ3n) is 6.06. The van der Waals surface area contributed by atoms with E-state index in [0.29, 0.717) is 18.3 Å². The summed E-state index contributed by atoms with van der Waals surface area (Å²) < 4.78 is 16.6. The van der Waals surface area contributed by atoms with E-state index >= 15 is 0 Å². The predicted molar refractivity (Wildman–Crippen MR) is 93.8 cm³/mol. The van der Waals surface area contributed by atoms with Gasteiger partial charge in [-0.3, -0.25) is 4.79 Å². The lowest BCUT2D eigenvalue weighted by Crippen LogP contribution is -2.32. The van der Waals surface area contributed by atoms with Gasteiger partial charge in [0.1, 0.15) is 0 Å². The van der Waals surface area contributed by atoms with Crippen LogP contribution in [0, 0.1) is 17.8 Å². The van der Waals surface area contributed by atoms with Crippen LogP contribution in [0.25, 0.3) is 0 Å². The van der Waals surface area contributed by atoms with Crippen LogP contribution in [0.2, 0.25) is 0 Å². The fourth-order valence-corrected chi connectivity index (χ4v) is 4.71. The summed E-state index contributed by atoms with van der Waals surface area (Å²) in [6, 6.07) is 0. The Morgan fingerprint density at radius 1 is 1.36 bits per heavy atom. The second-order valence-electron chi connectivity index (χ2n) is 7.69. The SMILES string of the molecule is COC(=O)CCCCC1=C[C@H]2C[C@@H](OC3CCCCO3)[C@H](CO)[C@H]2C1. The predicted octanol–water partition coefficient (Wildman–Crippen LogP) is 3.21. The molecule has 2 aliphatic carbocycles. The maximum Gasteiger partial charge on any atom is 0.305 e. The Balaban J connectivity index is 1.45. The average molecular weight is 352 g/mol. The summed E-state index contributed by atoms with van der Waals surface area (Å²) in [5, 5.41) is 9.91. The van der Waals surface area contributed by atoms with Gasteiger partial charge in [0.05, 0.1) is 13.2 Å². The number of unbranched alkanes of at least 4 members (excludes halogenated alkanes) is 1. The molecule has 5 nitrogen and oxygen atoms in total. The van der Waals surface area contributed by atoms with Gasteiger partial charge in [-0.05, 0) is 63.2 Å². The van der Waals surface area contributed by atoms with E-state index in [0.717, 1.165) is 51.6 Å². The van der Waals surface area contributed by atoms with Gasteiger partial charge in [-0.2, -0.15) is 0 Å². The molecule has 0 aromatic rings. The van der Waals surface area contributed by atoms with Gasteiger partial charge in [0.25, 0.3) is 0 Å². The summed E-state index contributed by atoms with van der Waals surface area (Å²) in [4.78, 5) is 11.2. The molecule has 3 aliphatic rings. The number of methoxy groups -OCH3 is 1. The lowest BCUT2D eigenvalue weighted by Gasteiger charge is -2.29. The zero-order chi connectivity index (χ0) is 17.6. The molecule has 1 saturated heterocycles. The maximum absolute atomic E-state index is 11.2. The molecular weight excluding hydrogens is 320 g/mol. The Labute approximate surface area is 150 Å². The topological polar surface area (TPSA) is 65.0 Å². The van der Waals surface area contributed by atoms with Gasteiger partial charge >= 0.3 is 5.97 Å². The molecule has 1 heterocycles. The number of hydrogen-bond donors (Lipinski definition) is 1. The Kier molecular flexibility index (Phi) is 6.91. The van der Waals surface area contributed by atoms with Crippen molar-refractivity contribution in [1.29, 1.82) is 0 Å². The fraction of sp³-hybridized carbons (Fsp3) is 0.850. The molecule has 1 aliphatic heterocycles. The van der Waals surface area contributed by atoms with Gasteiger partial charge in [-0.25, -0.2) is 0 Å². The monoisotopic (exact) mass is 352 g/mol. The molecule has 1 saturated carbocycles. The van der Waals surface area contributed by atoms with Crippen LogP contribution >= 0.6 is 0 Å². The number of carbonyl (C=O) groups excluding carboxylic acids is 1. The highest BCUT2D eigenvalue weighted by Gasteiger charge is 2.46. The highest BCUT2D eigenvalue weighted by molar-refractivity contribution is 5.68. The van der Waals surface area contributed by atoms with Crippen LogP contribution < -0.4 is 0 Å². The molecule has 3 rings (SSSR count). The number of aliphatic hydroxyl groups excluding tert-OH is 1. The highest BCUT2D eigenvalue weighted by Crippen LogP contribution is 2.49. The number of fused-ring (bicyclic) bond motifs is 1. The van der Waals surface area contributed by atoms with E-state index in [1.54, 1.807) is 0 Å². The Bertz CT molecular complexity index is 469. The van der Waals surface area contributed by atoms with Crippen molar-refractivity contribution in [3.05, 3.63) is 11.6 Å². The van der Waals surface area contributed by atoms with Crippen molar-refractivity contribution >= 4 is 5.97 Å². The lowest BCUT2D eigenvalue weighted by atomic mass is 9.89. The maximum atomic E-state index is 11.2. The molecule has 1 unspecified atom stereocenters. The van der Waals surface area contributed by atoms with Gasteiger partial charge in [0.15, 0.2) is 6.29 Å². The second kappa shape index (κ2) is 9.15. The normalized spacial score (nSPS) is 34.6. The zero-order valence-electron chi connectivity index (χ0n) is 15.3. The molecular formula is C20H32O5. The molecule has 0 spiro atoms. The molecule has 0 radical (unpaired) electrons. The molecule has 142 valence electrons. The number of hydrogen-bond acceptors (Lipinski definition) is 5. The summed E-state index contributed by atoms with van der Waals surface area (Å²) in [6.07, 6.45) is 11.3. The number of ether oxygens (including phenoxy) is 3. The second-order valence-corrected chi connectivity index (χ2v) is 7.69. The van der Waals surface area contributed by atoms with Crippen LogP contribution in [0.15, 0.2) is 11.6 Å². The number of esters is 1. The molecule has 0 aromatic heterocycles. The van der Waals surface area contributed by atoms with E-state index < -0.39 is 0 Å². The van der Waals surface area contributed by atoms with Crippen LogP contribution in [0.1, 0.15) is 57.8 Å². The Morgan fingerprint density at radius 2 is 2.24 bits per heavy atom. The van der Waals surface area contributed by atoms with E-state index in [1.807, 2.05) is 0 Å². The van der Waals surface area contributed by atoms with Gasteiger partial charge in [0.2, 0.25) is 0 Å². The summed E-state index contributed by atoms with van der Waals surface area (Å²) in [6.45, 7) is 0.992. The van der Waals surface area contributed by atoms with Crippen LogP contribution in [0.5, 0.6) is 0 Å². The van der Waals surface area contributed by atoms with Crippen molar-refractivity contribution in [2.45, 2.75) is 70.2 Å². The Morgan fingerprint density at radius 3 is 2.96 bits per heavy atom. The highest BCUT2D eigenvalue weighted by atomic mass is 16.7. The molecule has 0 bridgehead atoms. The van der Waals surface area contributed by atoms with E-state index in [2.05, 4.69) is 10.8 Å². The number of rotatable bonds is 8. The average Bonchev–Trinajstić information content (AvgIpc) is 3.16. The van der Waals surface area contributed by atoms with Crippen molar-refractivity contribution < 1.29 is 24.1 Å². The number of allylic oxidation sites excluding steroid dienone is 2. The van der Waals surface area contributed by atoms with Crippen LogP contribution in [0.4, 0.5) is 0 Å². The fourth-order valence-electron chi connectivity index (χ4n) is 4.71. The van der Waals surface area contributed by atoms with Crippen molar-refractivity contribution in [1.82, 2.24) is 0 Å². The molecule has 0 aromatic carbocycles. The summed E-state index contributed by atoms with van der Waals surface area (Å²) >= 11 is 0. The third kappa shape index (κ3) is 4.83. The Hall–Kier alpha value is -0.910. The van der Waals surface area contributed by atoms with Crippen molar-refractivity contribution in [2.75, 3.05) is 20.3 Å². The molecule has 5 atom stereocenters. The largest absolute Gasteiger partial charge is 0.469 e. The van der Waals surface area contributed by atoms with E-state index in [1.165, 1.54) is 19.1 Å².